The smallest absolute Gasteiger partial charge is 0.283 e. The van der Waals surface area contributed by atoms with Crippen LogP contribution in [0, 0.1) is 0 Å². The highest BCUT2D eigenvalue weighted by molar-refractivity contribution is 7.99. The number of thiophene rings is 2. The summed E-state index contributed by atoms with van der Waals surface area (Å²) in [4.78, 5) is 13.5. The lowest BCUT2D eigenvalue weighted by Crippen LogP contribution is -2.00. The quantitative estimate of drug-likeness (QED) is 0.400. The highest BCUT2D eigenvalue weighted by atomic mass is 32.2. The van der Waals surface area contributed by atoms with E-state index in [0.29, 0.717) is 17.0 Å². The highest BCUT2D eigenvalue weighted by Gasteiger charge is 2.30. The van der Waals surface area contributed by atoms with Crippen LogP contribution in [0.15, 0.2) is 32.2 Å². The standard InChI is InChI=1S/C19H16N4OS3/c1-2-5-12-11(4-1)14-17(26-12)20-15(10-7-8-10)21-18(14)27-19-23-22-16(24-19)13-6-3-9-25-13/h3,6,9-10H,1-2,4-5,7-8H2. The van der Waals surface area contributed by atoms with Gasteiger partial charge in [-0.05, 0) is 67.3 Å². The van der Waals surface area contributed by atoms with Crippen LogP contribution in [-0.4, -0.2) is 20.2 Å². The number of aryl methyl sites for hydroxylation is 2. The predicted molar refractivity (Wildman–Crippen MR) is 108 cm³/mol. The molecule has 5 nitrogen and oxygen atoms in total. The Hall–Kier alpha value is -1.77. The fourth-order valence-electron chi connectivity index (χ4n) is 3.57. The average molecular weight is 413 g/mol. The molecule has 27 heavy (non-hydrogen) atoms. The van der Waals surface area contributed by atoms with Crippen LogP contribution in [-0.2, 0) is 12.8 Å². The van der Waals surface area contributed by atoms with Crippen LogP contribution in [0.2, 0.25) is 0 Å². The molecule has 2 aliphatic rings. The summed E-state index contributed by atoms with van der Waals surface area (Å²) in [6.07, 6.45) is 7.21. The lowest BCUT2D eigenvalue weighted by molar-refractivity contribution is 0.466. The molecular formula is C19H16N4OS3. The van der Waals surface area contributed by atoms with Crippen molar-refractivity contribution in [3.8, 4) is 10.8 Å². The van der Waals surface area contributed by atoms with Gasteiger partial charge in [-0.15, -0.1) is 32.9 Å². The van der Waals surface area contributed by atoms with Crippen LogP contribution >= 0.6 is 34.4 Å². The number of aromatic nitrogens is 4. The highest BCUT2D eigenvalue weighted by Crippen LogP contribution is 2.45. The van der Waals surface area contributed by atoms with Crippen molar-refractivity contribution >= 4 is 44.7 Å². The monoisotopic (exact) mass is 412 g/mol. The maximum atomic E-state index is 5.91. The molecule has 8 heteroatoms. The molecule has 4 heterocycles. The largest absolute Gasteiger partial charge is 0.410 e. The summed E-state index contributed by atoms with van der Waals surface area (Å²) in [7, 11) is 0. The third-order valence-corrected chi connectivity index (χ3v) is 7.94. The first kappa shape index (κ1) is 16.2. The van der Waals surface area contributed by atoms with E-state index in [0.717, 1.165) is 27.0 Å². The predicted octanol–water partition coefficient (Wildman–Crippen LogP) is 5.71. The van der Waals surface area contributed by atoms with Gasteiger partial charge in [0.2, 0.25) is 0 Å². The van der Waals surface area contributed by atoms with Crippen LogP contribution in [0.4, 0.5) is 0 Å². The second-order valence-electron chi connectivity index (χ2n) is 7.00. The molecule has 0 amide bonds. The molecule has 1 fully saturated rings. The van der Waals surface area contributed by atoms with E-state index in [1.807, 2.05) is 28.8 Å². The summed E-state index contributed by atoms with van der Waals surface area (Å²) < 4.78 is 5.91. The van der Waals surface area contributed by atoms with Crippen molar-refractivity contribution in [2.75, 3.05) is 0 Å². The van der Waals surface area contributed by atoms with E-state index in [4.69, 9.17) is 14.4 Å². The first-order valence-electron chi connectivity index (χ1n) is 9.22. The molecule has 6 rings (SSSR count). The molecule has 0 unspecified atom stereocenters. The summed E-state index contributed by atoms with van der Waals surface area (Å²) in [5.74, 6) is 2.09. The molecule has 0 saturated heterocycles. The Labute approximate surface area is 168 Å². The van der Waals surface area contributed by atoms with Gasteiger partial charge in [0.15, 0.2) is 0 Å². The van der Waals surface area contributed by atoms with Crippen molar-refractivity contribution in [3.63, 3.8) is 0 Å². The minimum atomic E-state index is 0.525. The Morgan fingerprint density at radius 1 is 1.11 bits per heavy atom. The van der Waals surface area contributed by atoms with Crippen molar-refractivity contribution in [1.82, 2.24) is 20.2 Å². The van der Waals surface area contributed by atoms with Gasteiger partial charge in [0.1, 0.15) is 15.7 Å². The first-order valence-corrected chi connectivity index (χ1v) is 11.7. The molecule has 0 atom stereocenters. The van der Waals surface area contributed by atoms with E-state index in [1.165, 1.54) is 59.7 Å². The zero-order valence-electron chi connectivity index (χ0n) is 14.5. The molecule has 4 aromatic heterocycles. The summed E-state index contributed by atoms with van der Waals surface area (Å²) in [6, 6.07) is 3.99. The fourth-order valence-corrected chi connectivity index (χ4v) is 6.38. The normalized spacial score (nSPS) is 16.7. The minimum Gasteiger partial charge on any atom is -0.410 e. The van der Waals surface area contributed by atoms with Gasteiger partial charge in [-0.3, -0.25) is 0 Å². The topological polar surface area (TPSA) is 64.7 Å². The Morgan fingerprint density at radius 2 is 2.04 bits per heavy atom. The van der Waals surface area contributed by atoms with Crippen LogP contribution in [0.5, 0.6) is 0 Å². The third-order valence-electron chi connectivity index (χ3n) is 5.06. The molecule has 0 aromatic carbocycles. The Balaban J connectivity index is 1.45. The average Bonchev–Trinajstić information content (AvgIpc) is 3.09. The molecule has 0 spiro atoms. The van der Waals surface area contributed by atoms with Gasteiger partial charge in [0, 0.05) is 16.2 Å². The van der Waals surface area contributed by atoms with E-state index in [9.17, 15) is 0 Å². The molecule has 0 bridgehead atoms. The first-order chi connectivity index (χ1) is 13.3. The lowest BCUT2D eigenvalue weighted by atomic mass is 9.97. The minimum absolute atomic E-state index is 0.525. The number of hydrogen-bond donors (Lipinski definition) is 0. The Morgan fingerprint density at radius 3 is 2.89 bits per heavy atom. The fraction of sp³-hybridized carbons (Fsp3) is 0.368. The van der Waals surface area contributed by atoms with Crippen molar-refractivity contribution < 1.29 is 4.42 Å². The summed E-state index contributed by atoms with van der Waals surface area (Å²) in [6.45, 7) is 0. The molecule has 0 radical (unpaired) electrons. The van der Waals surface area contributed by atoms with E-state index in [-0.39, 0.29) is 0 Å². The summed E-state index contributed by atoms with van der Waals surface area (Å²) >= 11 is 4.95. The van der Waals surface area contributed by atoms with Crippen LogP contribution in [0.3, 0.4) is 0 Å². The maximum absolute atomic E-state index is 5.91. The maximum Gasteiger partial charge on any atom is 0.283 e. The lowest BCUT2D eigenvalue weighted by Gasteiger charge is -2.11. The van der Waals surface area contributed by atoms with Gasteiger partial charge >= 0.3 is 0 Å². The second kappa shape index (κ2) is 6.39. The van der Waals surface area contributed by atoms with Crippen molar-refractivity contribution in [1.29, 1.82) is 0 Å². The van der Waals surface area contributed by atoms with Crippen LogP contribution in [0.25, 0.3) is 21.0 Å². The zero-order chi connectivity index (χ0) is 17.8. The molecule has 1 saturated carbocycles. The van der Waals surface area contributed by atoms with E-state index >= 15 is 0 Å². The van der Waals surface area contributed by atoms with Gasteiger partial charge in [-0.1, -0.05) is 6.07 Å². The number of fused-ring (bicyclic) bond motifs is 3. The van der Waals surface area contributed by atoms with Gasteiger partial charge in [-0.25, -0.2) is 9.97 Å². The summed E-state index contributed by atoms with van der Waals surface area (Å²) in [5.41, 5.74) is 1.45. The number of nitrogens with zero attached hydrogens (tertiary/aromatic N) is 4. The molecule has 0 aliphatic heterocycles. The van der Waals surface area contributed by atoms with E-state index in [1.54, 1.807) is 11.3 Å². The van der Waals surface area contributed by atoms with Crippen molar-refractivity contribution in [2.24, 2.45) is 0 Å². The molecule has 4 aromatic rings. The van der Waals surface area contributed by atoms with Crippen LogP contribution < -0.4 is 0 Å². The Bertz CT molecular complexity index is 1130. The van der Waals surface area contributed by atoms with E-state index in [2.05, 4.69) is 10.2 Å². The molecular weight excluding hydrogens is 396 g/mol. The van der Waals surface area contributed by atoms with E-state index < -0.39 is 0 Å². The second-order valence-corrected chi connectivity index (χ2v) is 9.98. The molecule has 0 N–H and O–H groups in total. The Kier molecular flexibility index (Phi) is 3.84. The van der Waals surface area contributed by atoms with Crippen molar-refractivity contribution in [2.45, 2.75) is 54.7 Å². The van der Waals surface area contributed by atoms with Gasteiger partial charge in [0.05, 0.1) is 4.88 Å². The van der Waals surface area contributed by atoms with Crippen LogP contribution in [0.1, 0.15) is 47.9 Å². The zero-order valence-corrected chi connectivity index (χ0v) is 16.9. The van der Waals surface area contributed by atoms with Gasteiger partial charge in [0.25, 0.3) is 11.1 Å². The summed E-state index contributed by atoms with van der Waals surface area (Å²) in [5, 5.41) is 13.2. The molecule has 136 valence electrons. The van der Waals surface area contributed by atoms with Crippen molar-refractivity contribution in [3.05, 3.63) is 33.8 Å². The van der Waals surface area contributed by atoms with Gasteiger partial charge in [-0.2, -0.15) is 0 Å². The number of hydrogen-bond acceptors (Lipinski definition) is 8. The van der Waals surface area contributed by atoms with Gasteiger partial charge < -0.3 is 4.42 Å². The third kappa shape index (κ3) is 2.90. The number of rotatable bonds is 4. The molecule has 2 aliphatic carbocycles. The SMILES string of the molecule is c1csc(-c2nnc(Sc3nc(C4CC4)nc4sc5c(c34)CCCC5)o2)c1.